The van der Waals surface area contributed by atoms with E-state index < -0.39 is 11.5 Å². The quantitative estimate of drug-likeness (QED) is 0.812. The highest BCUT2D eigenvalue weighted by molar-refractivity contribution is 5.89. The van der Waals surface area contributed by atoms with Gasteiger partial charge in [0, 0.05) is 32.1 Å². The molecular weight excluding hydrogens is 298 g/mol. The molecule has 0 aromatic heterocycles. The summed E-state index contributed by atoms with van der Waals surface area (Å²) in [5, 5.41) is 12.0. The first-order valence-electron chi connectivity index (χ1n) is 8.61. The summed E-state index contributed by atoms with van der Waals surface area (Å²) in [6.07, 6.45) is 5.24. The van der Waals surface area contributed by atoms with Crippen LogP contribution in [0.25, 0.3) is 0 Å². The molecule has 7 nitrogen and oxygen atoms in total. The largest absolute Gasteiger partial charge is 0.480 e. The average molecular weight is 323 g/mol. The molecule has 1 aliphatic carbocycles. The highest BCUT2D eigenvalue weighted by Crippen LogP contribution is 2.33. The van der Waals surface area contributed by atoms with Gasteiger partial charge < -0.3 is 20.2 Å². The van der Waals surface area contributed by atoms with Gasteiger partial charge in [-0.1, -0.05) is 0 Å². The molecule has 0 atom stereocenters. The van der Waals surface area contributed by atoms with E-state index in [1.165, 1.54) is 0 Å². The Bertz CT molecular complexity index is 490. The first-order chi connectivity index (χ1) is 11.0. The topological polar surface area (TPSA) is 90.0 Å². The minimum atomic E-state index is -1.04. The van der Waals surface area contributed by atoms with Crippen LogP contribution >= 0.6 is 0 Å². The van der Waals surface area contributed by atoms with Crippen LogP contribution in [-0.4, -0.2) is 64.5 Å². The van der Waals surface area contributed by atoms with Crippen LogP contribution in [0.2, 0.25) is 0 Å². The molecule has 7 heteroatoms. The Hall–Kier alpha value is -1.79. The Morgan fingerprint density at radius 1 is 0.913 bits per heavy atom. The molecule has 0 unspecified atom stereocenters. The van der Waals surface area contributed by atoms with Crippen molar-refractivity contribution in [2.24, 2.45) is 5.92 Å². The maximum absolute atomic E-state index is 12.4. The Morgan fingerprint density at radius 2 is 1.48 bits per heavy atom. The molecule has 3 fully saturated rings. The summed E-state index contributed by atoms with van der Waals surface area (Å²) in [6.45, 7) is 2.82. The molecule has 128 valence electrons. The van der Waals surface area contributed by atoms with Crippen molar-refractivity contribution in [3.05, 3.63) is 0 Å². The van der Waals surface area contributed by atoms with Crippen LogP contribution in [0.15, 0.2) is 0 Å². The second kappa shape index (κ2) is 6.37. The smallest absolute Gasteiger partial charge is 0.329 e. The van der Waals surface area contributed by atoms with Crippen LogP contribution in [-0.2, 0) is 9.59 Å². The number of carbonyl (C=O) groups excluding carboxylic acids is 2. The number of carboxylic acid groups (broad SMARTS) is 1. The van der Waals surface area contributed by atoms with Crippen molar-refractivity contribution in [3.63, 3.8) is 0 Å². The first kappa shape index (κ1) is 16.1. The third-order valence-electron chi connectivity index (χ3n) is 5.49. The van der Waals surface area contributed by atoms with Crippen molar-refractivity contribution in [2.75, 3.05) is 26.2 Å². The van der Waals surface area contributed by atoms with Gasteiger partial charge in [0.15, 0.2) is 0 Å². The van der Waals surface area contributed by atoms with Crippen molar-refractivity contribution in [2.45, 2.75) is 50.5 Å². The number of nitrogens with one attached hydrogen (secondary N) is 1. The van der Waals surface area contributed by atoms with Crippen LogP contribution in [0.4, 0.5) is 4.79 Å². The molecule has 0 spiro atoms. The second-order valence-corrected chi connectivity index (χ2v) is 6.97. The molecular formula is C16H25N3O4. The summed E-state index contributed by atoms with van der Waals surface area (Å²) < 4.78 is 0. The molecule has 2 aliphatic heterocycles. The Kier molecular flexibility index (Phi) is 4.46. The summed E-state index contributed by atoms with van der Waals surface area (Å²) in [4.78, 5) is 39.7. The minimum Gasteiger partial charge on any atom is -0.480 e. The second-order valence-electron chi connectivity index (χ2n) is 6.97. The zero-order chi connectivity index (χ0) is 16.4. The Labute approximate surface area is 136 Å². The van der Waals surface area contributed by atoms with Crippen LogP contribution in [0.5, 0.6) is 0 Å². The SMILES string of the molecule is O=C(NC1(C(=O)O)CCC1)C1CCN(C(=O)N2CCCC2)CC1. The standard InChI is InChI=1S/C16H25N3O4/c20-13(17-16(14(21)22)6-3-7-16)12-4-10-19(11-5-12)15(23)18-8-1-2-9-18/h12H,1-11H2,(H,17,20)(H,21,22). The lowest BCUT2D eigenvalue weighted by Gasteiger charge is -2.40. The van der Waals surface area contributed by atoms with Gasteiger partial charge in [0.2, 0.25) is 5.91 Å². The molecule has 2 heterocycles. The summed E-state index contributed by atoms with van der Waals surface area (Å²) in [5.41, 5.74) is -1.04. The number of carbonyl (C=O) groups is 3. The van der Waals surface area contributed by atoms with Crippen LogP contribution in [0.3, 0.4) is 0 Å². The molecule has 3 aliphatic rings. The summed E-state index contributed by atoms with van der Waals surface area (Å²) in [5.74, 6) is -1.28. The number of amides is 3. The molecule has 3 rings (SSSR count). The number of piperidine rings is 1. The third kappa shape index (κ3) is 3.14. The van der Waals surface area contributed by atoms with Gasteiger partial charge in [-0.2, -0.15) is 0 Å². The van der Waals surface area contributed by atoms with Crippen LogP contribution in [0.1, 0.15) is 44.9 Å². The maximum atomic E-state index is 12.4. The molecule has 1 saturated carbocycles. The Balaban J connectivity index is 1.49. The fourth-order valence-corrected chi connectivity index (χ4v) is 3.70. The monoisotopic (exact) mass is 323 g/mol. The van der Waals surface area contributed by atoms with Gasteiger partial charge in [-0.15, -0.1) is 0 Å². The average Bonchev–Trinajstić information content (AvgIpc) is 3.04. The van der Waals surface area contributed by atoms with E-state index in [4.69, 9.17) is 0 Å². The van der Waals surface area contributed by atoms with Crippen molar-refractivity contribution in [1.29, 1.82) is 0 Å². The number of hydrogen-bond acceptors (Lipinski definition) is 3. The van der Waals surface area contributed by atoms with Gasteiger partial charge in [0.25, 0.3) is 0 Å². The van der Waals surface area contributed by atoms with Crippen molar-refractivity contribution >= 4 is 17.9 Å². The molecule has 3 amide bonds. The van der Waals surface area contributed by atoms with E-state index in [1.807, 2.05) is 9.80 Å². The molecule has 2 saturated heterocycles. The third-order valence-corrected chi connectivity index (χ3v) is 5.49. The minimum absolute atomic E-state index is 0.0855. The molecule has 23 heavy (non-hydrogen) atoms. The first-order valence-corrected chi connectivity index (χ1v) is 8.61. The highest BCUT2D eigenvalue weighted by atomic mass is 16.4. The molecule has 0 aromatic rings. The maximum Gasteiger partial charge on any atom is 0.329 e. The number of hydrogen-bond donors (Lipinski definition) is 2. The van der Waals surface area contributed by atoms with E-state index in [2.05, 4.69) is 5.32 Å². The van der Waals surface area contributed by atoms with E-state index in [-0.39, 0.29) is 17.9 Å². The van der Waals surface area contributed by atoms with Gasteiger partial charge in [-0.3, -0.25) is 4.79 Å². The van der Waals surface area contributed by atoms with E-state index >= 15 is 0 Å². The number of aliphatic carboxylic acids is 1. The van der Waals surface area contributed by atoms with Crippen molar-refractivity contribution in [3.8, 4) is 0 Å². The lowest BCUT2D eigenvalue weighted by Crippen LogP contribution is -2.60. The number of urea groups is 1. The number of rotatable bonds is 3. The van der Waals surface area contributed by atoms with Crippen LogP contribution in [0, 0.1) is 5.92 Å². The fourth-order valence-electron chi connectivity index (χ4n) is 3.70. The fraction of sp³-hybridized carbons (Fsp3) is 0.812. The van der Waals surface area contributed by atoms with Gasteiger partial charge in [0.05, 0.1) is 0 Å². The summed E-state index contributed by atoms with van der Waals surface area (Å²) in [6, 6.07) is 0.0855. The highest BCUT2D eigenvalue weighted by Gasteiger charge is 2.46. The lowest BCUT2D eigenvalue weighted by atomic mass is 9.76. The summed E-state index contributed by atoms with van der Waals surface area (Å²) in [7, 11) is 0. The predicted molar refractivity (Wildman–Crippen MR) is 82.9 cm³/mol. The molecule has 2 N–H and O–H groups in total. The molecule has 0 bridgehead atoms. The number of likely N-dealkylation sites (tertiary alicyclic amines) is 2. The normalized spacial score (nSPS) is 24.2. The Morgan fingerprint density at radius 3 is 1.96 bits per heavy atom. The summed E-state index contributed by atoms with van der Waals surface area (Å²) >= 11 is 0. The van der Waals surface area contributed by atoms with Crippen molar-refractivity contribution in [1.82, 2.24) is 15.1 Å². The molecule has 0 aromatic carbocycles. The number of nitrogens with zero attached hydrogens (tertiary/aromatic N) is 2. The predicted octanol–water partition coefficient (Wildman–Crippen LogP) is 1.04. The van der Waals surface area contributed by atoms with E-state index in [0.29, 0.717) is 38.8 Å². The van der Waals surface area contributed by atoms with Crippen molar-refractivity contribution < 1.29 is 19.5 Å². The van der Waals surface area contributed by atoms with Gasteiger partial charge in [-0.05, 0) is 44.9 Å². The van der Waals surface area contributed by atoms with Gasteiger partial charge in [-0.25, -0.2) is 9.59 Å². The van der Waals surface area contributed by atoms with Gasteiger partial charge in [0.1, 0.15) is 5.54 Å². The zero-order valence-electron chi connectivity index (χ0n) is 13.4. The van der Waals surface area contributed by atoms with E-state index in [1.54, 1.807) is 0 Å². The van der Waals surface area contributed by atoms with E-state index in [0.717, 1.165) is 32.4 Å². The zero-order valence-corrected chi connectivity index (χ0v) is 13.4. The lowest BCUT2D eigenvalue weighted by molar-refractivity contribution is -0.152. The van der Waals surface area contributed by atoms with Gasteiger partial charge >= 0.3 is 12.0 Å². The molecule has 0 radical (unpaired) electrons. The number of carboxylic acids is 1. The van der Waals surface area contributed by atoms with E-state index in [9.17, 15) is 19.5 Å². The van der Waals surface area contributed by atoms with Crippen LogP contribution < -0.4 is 5.32 Å².